The molecule has 3 aromatic rings. The van der Waals surface area contributed by atoms with Crippen LogP contribution in [-0.2, 0) is 63.3 Å². The predicted octanol–water partition coefficient (Wildman–Crippen LogP) is 8.71. The van der Waals surface area contributed by atoms with Crippen LogP contribution in [0.3, 0.4) is 0 Å². The quantitative estimate of drug-likeness (QED) is 0.0649. The third-order valence-corrected chi connectivity index (χ3v) is 24.7. The van der Waals surface area contributed by atoms with Gasteiger partial charge in [0.2, 0.25) is 0 Å². The summed E-state index contributed by atoms with van der Waals surface area (Å²) in [5.74, 6) is -4.62. The first-order chi connectivity index (χ1) is 40.0. The van der Waals surface area contributed by atoms with Crippen LogP contribution in [0.4, 0.5) is 9.59 Å². The molecule has 3 aliphatic carbocycles. The molecular formula is C63H83N3O17Si. The molecule has 0 spiro atoms. The summed E-state index contributed by atoms with van der Waals surface area (Å²) in [4.78, 5) is 96.3. The number of fused-ring (bicyclic) bond motifs is 5. The summed E-state index contributed by atoms with van der Waals surface area (Å²) in [7, 11) is -2.71. The lowest BCUT2D eigenvalue weighted by molar-refractivity contribution is -0.344. The van der Waals surface area contributed by atoms with Gasteiger partial charge >= 0.3 is 30.1 Å². The number of hydrogen-bond acceptors (Lipinski definition) is 18. The van der Waals surface area contributed by atoms with Crippen LogP contribution in [0.25, 0.3) is 0 Å². The minimum Gasteiger partial charge on any atom is -0.472 e. The molecule has 2 unspecified atom stereocenters. The number of nitrogens with zero attached hydrogens (tertiary/aromatic N) is 3. The number of benzene rings is 2. The summed E-state index contributed by atoms with van der Waals surface area (Å²) in [6.45, 7) is 20.6. The molecule has 1 N–H and O–H groups in total. The molecule has 21 heteroatoms. The molecule has 10 rings (SSSR count). The van der Waals surface area contributed by atoms with Crippen molar-refractivity contribution in [3.63, 3.8) is 0 Å². The third kappa shape index (κ3) is 10.7. The van der Waals surface area contributed by atoms with E-state index in [1.807, 2.05) is 30.3 Å². The smallest absolute Gasteiger partial charge is 0.413 e. The SMILES string of the molecule is CC[Si](CC)(CC)O[C@H]1C[C@H]2OC[C@@]2(OC(C)=O)C2C(OC(=O)c3ccccc3)[C@]3(O)C[C@H](OC(=O)[C@@H]4OC(C)(C)N(C(=O)OCc5ccccc5)[C@H]4c4ccoc4)C(C)=C([C@@H](OC(=O)N4CCC(N5CCOCC5)CC4)C(=O)[C@@]21C)C3(C)C. The van der Waals surface area contributed by atoms with Gasteiger partial charge in [0, 0.05) is 63.0 Å². The Hall–Kier alpha value is -5.94. The number of piperidine rings is 1. The monoisotopic (exact) mass is 1180 g/mol. The van der Waals surface area contributed by atoms with Gasteiger partial charge in [-0.25, -0.2) is 19.2 Å². The number of ether oxygens (including phenoxy) is 8. The van der Waals surface area contributed by atoms with Crippen LogP contribution in [0, 0.1) is 16.7 Å². The van der Waals surface area contributed by atoms with E-state index in [4.69, 9.17) is 46.7 Å². The number of likely N-dealkylation sites (tertiary alicyclic amines) is 1. The number of furan rings is 1. The van der Waals surface area contributed by atoms with Gasteiger partial charge in [-0.1, -0.05) is 83.1 Å². The van der Waals surface area contributed by atoms with Gasteiger partial charge in [0.05, 0.1) is 55.3 Å². The highest BCUT2D eigenvalue weighted by atomic mass is 28.4. The second kappa shape index (κ2) is 23.7. The van der Waals surface area contributed by atoms with E-state index in [1.54, 1.807) is 82.8 Å². The zero-order chi connectivity index (χ0) is 60.1. The van der Waals surface area contributed by atoms with Crippen molar-refractivity contribution in [1.29, 1.82) is 0 Å². The zero-order valence-corrected chi connectivity index (χ0v) is 51.1. The van der Waals surface area contributed by atoms with Crippen LogP contribution in [0.15, 0.2) is 94.8 Å². The fourth-order valence-electron chi connectivity index (χ4n) is 15.0. The van der Waals surface area contributed by atoms with Gasteiger partial charge in [-0.05, 0) is 93.6 Å². The van der Waals surface area contributed by atoms with E-state index in [-0.39, 0.29) is 42.4 Å². The first kappa shape index (κ1) is 61.2. The lowest BCUT2D eigenvalue weighted by atomic mass is 9.44. The third-order valence-electron chi connectivity index (χ3n) is 20.0. The number of morpholine rings is 1. The number of carbonyl (C=O) groups is 6. The van der Waals surface area contributed by atoms with Crippen molar-refractivity contribution in [2.24, 2.45) is 16.7 Å². The molecule has 20 nitrogen and oxygen atoms in total. The van der Waals surface area contributed by atoms with E-state index in [2.05, 4.69) is 25.7 Å². The molecule has 2 aromatic carbocycles. The number of esters is 3. The average Bonchev–Trinajstić information content (AvgIpc) is 0.821. The lowest BCUT2D eigenvalue weighted by Crippen LogP contribution is -2.82. The van der Waals surface area contributed by atoms with Crippen LogP contribution < -0.4 is 0 Å². The molecular weight excluding hydrogens is 1100 g/mol. The molecule has 2 bridgehead atoms. The van der Waals surface area contributed by atoms with E-state index in [1.165, 1.54) is 24.3 Å². The maximum absolute atomic E-state index is 17.2. The number of hydrogen-bond donors (Lipinski definition) is 1. The van der Waals surface area contributed by atoms with Gasteiger partial charge in [0.25, 0.3) is 0 Å². The number of ketones is 1. The Morgan fingerprint density at radius 1 is 0.821 bits per heavy atom. The fourth-order valence-corrected chi connectivity index (χ4v) is 18.0. The van der Waals surface area contributed by atoms with Gasteiger partial charge in [0.15, 0.2) is 31.9 Å². The molecule has 2 amide bonds. The summed E-state index contributed by atoms with van der Waals surface area (Å²) < 4.78 is 64.3. The highest BCUT2D eigenvalue weighted by molar-refractivity contribution is 6.73. The first-order valence-corrected chi connectivity index (χ1v) is 32.4. The normalized spacial score (nSPS) is 32.2. The average molecular weight is 1180 g/mol. The highest BCUT2D eigenvalue weighted by Gasteiger charge is 2.79. The maximum atomic E-state index is 17.2. The highest BCUT2D eigenvalue weighted by Crippen LogP contribution is 2.65. The van der Waals surface area contributed by atoms with Gasteiger partial charge in [-0.2, -0.15) is 0 Å². The molecule has 4 aliphatic heterocycles. The molecule has 4 saturated heterocycles. The second-order valence-electron chi connectivity index (χ2n) is 25.1. The molecule has 84 heavy (non-hydrogen) atoms. The zero-order valence-electron chi connectivity index (χ0n) is 50.1. The number of carbonyl (C=O) groups excluding carboxylic acids is 6. The van der Waals surface area contributed by atoms with E-state index < -0.39 is 127 Å². The van der Waals surface area contributed by atoms with Gasteiger partial charge in [0.1, 0.15) is 42.3 Å². The van der Waals surface area contributed by atoms with Crippen molar-refractivity contribution < 1.29 is 80.6 Å². The second-order valence-corrected chi connectivity index (χ2v) is 29.8. The fraction of sp³-hybridized carbons (Fsp3) is 0.619. The van der Waals surface area contributed by atoms with E-state index in [0.29, 0.717) is 62.8 Å². The number of Topliss-reactive ketones (excluding diaryl/α,β-unsaturated/α-hetero) is 1. The van der Waals surface area contributed by atoms with Crippen LogP contribution in [-0.4, -0.2) is 170 Å². The Labute approximate surface area is 492 Å². The van der Waals surface area contributed by atoms with Gasteiger partial charge < -0.3 is 56.7 Å². The maximum Gasteiger partial charge on any atom is 0.413 e. The van der Waals surface area contributed by atoms with Crippen LogP contribution in [0.1, 0.15) is 122 Å². The molecule has 456 valence electrons. The minimum absolute atomic E-state index is 0.0717. The summed E-state index contributed by atoms with van der Waals surface area (Å²) >= 11 is 0. The van der Waals surface area contributed by atoms with Crippen molar-refractivity contribution >= 4 is 44.2 Å². The standard InChI is InChI=1S/C63H83N3O17Si/c1-11-84(12-2,13-3)83-46-34-47-62(38-77-47,81-40(5)67)52-54(80-55(69)42-22-18-15-19-23-42)63(73)35-45(78-56(70)51-49(43-26-31-75-37-43)66(60(8,9)82-51)58(72)76-36-41-20-16-14-17-21-41)39(4)48(59(63,6)7)50(53(68)61(46,52)10)79-57(71)65-27-24-44(25-28-65)64-29-32-74-33-30-64/h14-23,26,31,37,44-47,49-52,54,73H,11-13,24-25,27-30,32-36,38H2,1-10H3/t45-,46-,47+,49-,50+,51+,52?,54?,61+,62-,63+/m0/s1. The van der Waals surface area contributed by atoms with E-state index >= 15 is 19.2 Å². The molecule has 1 aromatic heterocycles. The Bertz CT molecular complexity index is 2930. The van der Waals surface area contributed by atoms with Crippen LogP contribution in [0.5, 0.6) is 0 Å². The Morgan fingerprint density at radius 2 is 1.48 bits per heavy atom. The minimum atomic E-state index is -2.71. The van der Waals surface area contributed by atoms with Crippen LogP contribution >= 0.6 is 0 Å². The van der Waals surface area contributed by atoms with Crippen molar-refractivity contribution in [3.05, 3.63) is 107 Å². The predicted molar refractivity (Wildman–Crippen MR) is 305 cm³/mol. The van der Waals surface area contributed by atoms with Crippen molar-refractivity contribution in [3.8, 4) is 0 Å². The Morgan fingerprint density at radius 3 is 2.07 bits per heavy atom. The largest absolute Gasteiger partial charge is 0.472 e. The van der Waals surface area contributed by atoms with Crippen molar-refractivity contribution in [1.82, 2.24) is 14.7 Å². The summed E-state index contributed by atoms with van der Waals surface area (Å²) in [6, 6.07) is 20.0. The number of amides is 2. The number of aliphatic hydroxyl groups is 1. The Kier molecular flexibility index (Phi) is 17.3. The summed E-state index contributed by atoms with van der Waals surface area (Å²) in [5, 5.41) is 14.6. The summed E-state index contributed by atoms with van der Waals surface area (Å²) in [6.07, 6.45) is -6.30. The first-order valence-electron chi connectivity index (χ1n) is 29.9. The van der Waals surface area contributed by atoms with Gasteiger partial charge in [-0.3, -0.25) is 19.4 Å². The van der Waals surface area contributed by atoms with E-state index in [0.717, 1.165) is 18.7 Å². The molecule has 11 atom stereocenters. The molecule has 6 fully saturated rings. The van der Waals surface area contributed by atoms with Crippen molar-refractivity contribution in [2.75, 3.05) is 46.0 Å². The topological polar surface area (TPSA) is 229 Å². The van der Waals surface area contributed by atoms with Crippen LogP contribution in [0.2, 0.25) is 18.1 Å². The molecule has 5 heterocycles. The summed E-state index contributed by atoms with van der Waals surface area (Å²) in [5.41, 5.74) is -7.47. The Balaban J connectivity index is 1.13. The number of rotatable bonds is 15. The molecule has 0 radical (unpaired) electrons. The van der Waals surface area contributed by atoms with E-state index in [9.17, 15) is 14.7 Å². The lowest BCUT2D eigenvalue weighted by Gasteiger charge is -2.68. The van der Waals surface area contributed by atoms with Gasteiger partial charge in [-0.15, -0.1) is 0 Å². The van der Waals surface area contributed by atoms with Crippen molar-refractivity contribution in [2.45, 2.75) is 185 Å². The molecule has 7 aliphatic rings. The molecule has 2 saturated carbocycles.